The maximum Gasteiger partial charge on any atom is 0.164 e. The number of hydrogen-bond acceptors (Lipinski definition) is 4. The zero-order chi connectivity index (χ0) is 41.0. The molecule has 3 heterocycles. The van der Waals surface area contributed by atoms with Crippen molar-refractivity contribution < 1.29 is 0 Å². The zero-order valence-electron chi connectivity index (χ0n) is 33.5. The Balaban J connectivity index is 1.03. The first-order chi connectivity index (χ1) is 30.7. The van der Waals surface area contributed by atoms with Crippen LogP contribution in [0, 0.1) is 0 Å². The van der Waals surface area contributed by atoms with Crippen LogP contribution in [0.15, 0.2) is 218 Å². The number of thiophene rings is 1. The van der Waals surface area contributed by atoms with Crippen LogP contribution in [0.3, 0.4) is 0 Å². The van der Waals surface area contributed by atoms with Crippen molar-refractivity contribution in [3.8, 4) is 73.2 Å². The van der Waals surface area contributed by atoms with Gasteiger partial charge >= 0.3 is 0 Å². The number of rotatable bonds is 7. The van der Waals surface area contributed by atoms with E-state index < -0.39 is 0 Å². The zero-order valence-corrected chi connectivity index (χ0v) is 34.3. The first-order valence-electron chi connectivity index (χ1n) is 20.8. The lowest BCUT2D eigenvalue weighted by Gasteiger charge is -2.16. The molecule has 0 amide bonds. The fourth-order valence-electron chi connectivity index (χ4n) is 8.88. The second-order valence-corrected chi connectivity index (χ2v) is 16.6. The van der Waals surface area contributed by atoms with Gasteiger partial charge in [0.25, 0.3) is 0 Å². The summed E-state index contributed by atoms with van der Waals surface area (Å²) in [6, 6.07) is 77.4. The molecule has 0 saturated carbocycles. The van der Waals surface area contributed by atoms with Crippen LogP contribution in [0.2, 0.25) is 0 Å². The minimum absolute atomic E-state index is 0.609. The van der Waals surface area contributed by atoms with Gasteiger partial charge in [-0.15, -0.1) is 11.3 Å². The molecule has 5 heteroatoms. The van der Waals surface area contributed by atoms with Crippen molar-refractivity contribution in [3.63, 3.8) is 0 Å². The summed E-state index contributed by atoms with van der Waals surface area (Å²) in [5.74, 6) is 1.85. The number of fused-ring (bicyclic) bond motifs is 6. The molecule has 0 radical (unpaired) electrons. The number of aromatic nitrogens is 4. The van der Waals surface area contributed by atoms with E-state index in [0.29, 0.717) is 17.5 Å². The van der Waals surface area contributed by atoms with Gasteiger partial charge in [-0.25, -0.2) is 15.0 Å². The second-order valence-electron chi connectivity index (χ2n) is 15.6. The van der Waals surface area contributed by atoms with Gasteiger partial charge in [0, 0.05) is 53.2 Å². The molecule has 12 rings (SSSR count). The van der Waals surface area contributed by atoms with Crippen LogP contribution in [0.4, 0.5) is 0 Å². The molecule has 0 spiro atoms. The summed E-state index contributed by atoms with van der Waals surface area (Å²) in [6.07, 6.45) is 0. The van der Waals surface area contributed by atoms with Crippen LogP contribution in [0.1, 0.15) is 0 Å². The summed E-state index contributed by atoms with van der Waals surface area (Å²) >= 11 is 1.85. The fraction of sp³-hybridized carbons (Fsp3) is 0. The number of benzene rings is 9. The topological polar surface area (TPSA) is 43.6 Å². The number of para-hydroxylation sites is 2. The quantitative estimate of drug-likeness (QED) is 0.161. The Morgan fingerprint density at radius 3 is 1.40 bits per heavy atom. The molecule has 0 atom stereocenters. The van der Waals surface area contributed by atoms with E-state index in [2.05, 4.69) is 217 Å². The van der Waals surface area contributed by atoms with Gasteiger partial charge in [0.1, 0.15) is 0 Å². The van der Waals surface area contributed by atoms with Crippen LogP contribution in [-0.4, -0.2) is 19.5 Å². The molecule has 290 valence electrons. The van der Waals surface area contributed by atoms with Crippen molar-refractivity contribution in [3.05, 3.63) is 218 Å². The van der Waals surface area contributed by atoms with Crippen molar-refractivity contribution in [1.29, 1.82) is 0 Å². The molecule has 0 aliphatic heterocycles. The van der Waals surface area contributed by atoms with Crippen LogP contribution in [0.5, 0.6) is 0 Å². The van der Waals surface area contributed by atoms with Gasteiger partial charge in [-0.2, -0.15) is 0 Å². The molecule has 4 nitrogen and oxygen atoms in total. The number of hydrogen-bond donors (Lipinski definition) is 0. The van der Waals surface area contributed by atoms with Gasteiger partial charge in [0.15, 0.2) is 17.5 Å². The third-order valence-corrected chi connectivity index (χ3v) is 13.1. The average Bonchev–Trinajstić information content (AvgIpc) is 3.90. The average molecular weight is 809 g/mol. The van der Waals surface area contributed by atoms with E-state index >= 15 is 0 Å². The monoisotopic (exact) mass is 808 g/mol. The first kappa shape index (κ1) is 35.9. The van der Waals surface area contributed by atoms with Crippen molar-refractivity contribution in [1.82, 2.24) is 19.5 Å². The lowest BCUT2D eigenvalue weighted by molar-refractivity contribution is 1.07. The molecule has 0 N–H and O–H groups in total. The minimum Gasteiger partial charge on any atom is -0.309 e. The summed E-state index contributed by atoms with van der Waals surface area (Å²) in [5, 5.41) is 5.01. The van der Waals surface area contributed by atoms with Crippen LogP contribution >= 0.6 is 11.3 Å². The van der Waals surface area contributed by atoms with E-state index in [0.717, 1.165) is 55.7 Å². The van der Waals surface area contributed by atoms with E-state index in [9.17, 15) is 0 Å². The highest BCUT2D eigenvalue weighted by molar-refractivity contribution is 7.26. The Labute approximate surface area is 362 Å². The molecule has 0 unspecified atom stereocenters. The third-order valence-electron chi connectivity index (χ3n) is 11.9. The molecule has 9 aromatic carbocycles. The van der Waals surface area contributed by atoms with Crippen LogP contribution < -0.4 is 0 Å². The molecular weight excluding hydrogens is 773 g/mol. The molecule has 3 aromatic heterocycles. The highest BCUT2D eigenvalue weighted by Crippen LogP contribution is 2.41. The maximum absolute atomic E-state index is 5.27. The summed E-state index contributed by atoms with van der Waals surface area (Å²) in [4.78, 5) is 15.7. The smallest absolute Gasteiger partial charge is 0.164 e. The normalized spacial score (nSPS) is 11.5. The molecule has 0 saturated heterocycles. The molecule has 0 aliphatic carbocycles. The van der Waals surface area contributed by atoms with Crippen molar-refractivity contribution in [2.24, 2.45) is 0 Å². The lowest BCUT2D eigenvalue weighted by atomic mass is 10.00. The van der Waals surface area contributed by atoms with E-state index in [1.807, 2.05) is 17.4 Å². The largest absolute Gasteiger partial charge is 0.309 e. The summed E-state index contributed by atoms with van der Waals surface area (Å²) < 4.78 is 4.98. The van der Waals surface area contributed by atoms with Gasteiger partial charge in [0.05, 0.1) is 16.7 Å². The Morgan fingerprint density at radius 2 is 0.758 bits per heavy atom. The van der Waals surface area contributed by atoms with E-state index in [-0.39, 0.29) is 0 Å². The minimum atomic E-state index is 0.609. The third kappa shape index (κ3) is 6.18. The van der Waals surface area contributed by atoms with Crippen LogP contribution in [0.25, 0.3) is 115 Å². The SMILES string of the molecule is c1ccc(-c2ccc(-c3nc(-c4ccc(-c5cccc6c5sc5ccccc56)cc4)nc(-c4ccc(-c5ccccc5)c(-n5c6ccccc6c6ccccc65)c4)n3)cc2)cc1. The summed E-state index contributed by atoms with van der Waals surface area (Å²) in [7, 11) is 0. The van der Waals surface area contributed by atoms with Crippen molar-refractivity contribution in [2.45, 2.75) is 0 Å². The second kappa shape index (κ2) is 14.9. The maximum atomic E-state index is 5.27. The molecule has 62 heavy (non-hydrogen) atoms. The van der Waals surface area contributed by atoms with Gasteiger partial charge in [-0.05, 0) is 52.1 Å². The first-order valence-corrected chi connectivity index (χ1v) is 21.7. The van der Waals surface area contributed by atoms with Crippen molar-refractivity contribution >= 4 is 53.3 Å². The van der Waals surface area contributed by atoms with Gasteiger partial charge in [-0.3, -0.25) is 0 Å². The predicted molar refractivity (Wildman–Crippen MR) is 260 cm³/mol. The fourth-order valence-corrected chi connectivity index (χ4v) is 10.1. The predicted octanol–water partition coefficient (Wildman–Crippen LogP) is 15.3. The Hall–Kier alpha value is -7.99. The lowest BCUT2D eigenvalue weighted by Crippen LogP contribution is -2.02. The highest BCUT2D eigenvalue weighted by atomic mass is 32.1. The number of nitrogens with zero attached hydrogens (tertiary/aromatic N) is 4. The molecular formula is C57H36N4S. The van der Waals surface area contributed by atoms with E-state index in [1.165, 1.54) is 42.1 Å². The Kier molecular flexibility index (Phi) is 8.65. The van der Waals surface area contributed by atoms with E-state index in [4.69, 9.17) is 15.0 Å². The molecule has 12 aromatic rings. The van der Waals surface area contributed by atoms with Gasteiger partial charge in [-0.1, -0.05) is 194 Å². The molecule has 0 aliphatic rings. The molecule has 0 fully saturated rings. The van der Waals surface area contributed by atoms with Gasteiger partial charge in [0.2, 0.25) is 0 Å². The molecule has 0 bridgehead atoms. The summed E-state index contributed by atoms with van der Waals surface area (Å²) in [6.45, 7) is 0. The Morgan fingerprint density at radius 1 is 0.306 bits per heavy atom. The van der Waals surface area contributed by atoms with Crippen LogP contribution in [-0.2, 0) is 0 Å². The van der Waals surface area contributed by atoms with Crippen molar-refractivity contribution in [2.75, 3.05) is 0 Å². The summed E-state index contributed by atoms with van der Waals surface area (Å²) in [5.41, 5.74) is 13.0. The Bertz CT molecular complexity index is 3550. The standard InChI is InChI=1S/C57H36N4S/c1-3-14-37(15-4-1)38-26-30-41(31-27-38)55-58-56(42-32-28-40(29-33-42)45-21-13-22-49-48-20-9-12-25-53(48)62-54(45)49)60-57(59-55)43-34-35-44(39-16-5-2-6-17-39)52(36-43)61-50-23-10-7-18-46(50)47-19-8-11-24-51(47)61/h1-36H. The highest BCUT2D eigenvalue weighted by Gasteiger charge is 2.19. The van der Waals surface area contributed by atoms with E-state index in [1.54, 1.807) is 0 Å². The van der Waals surface area contributed by atoms with Gasteiger partial charge < -0.3 is 4.57 Å².